The highest BCUT2D eigenvalue weighted by molar-refractivity contribution is 7.09. The van der Waals surface area contributed by atoms with Crippen molar-refractivity contribution < 1.29 is 0 Å². The van der Waals surface area contributed by atoms with E-state index in [-0.39, 0.29) is 0 Å². The molecule has 1 N–H and O–H groups in total. The number of nitrogens with one attached hydrogen (secondary N) is 1. The van der Waals surface area contributed by atoms with Crippen LogP contribution in [0.25, 0.3) is 0 Å². The molecule has 0 saturated carbocycles. The molecule has 1 unspecified atom stereocenters. The molecule has 2 rings (SSSR count). The molecule has 1 fully saturated rings. The molecule has 1 aromatic heterocycles. The third-order valence-corrected chi connectivity index (χ3v) is 4.47. The fraction of sp³-hybridized carbons (Fsp3) is 0.714. The molecule has 1 atom stereocenters. The molecule has 0 spiro atoms. The van der Waals surface area contributed by atoms with Gasteiger partial charge in [0, 0.05) is 24.5 Å². The van der Waals surface area contributed by atoms with Gasteiger partial charge in [-0.1, -0.05) is 13.0 Å². The topological polar surface area (TPSA) is 15.3 Å². The van der Waals surface area contributed by atoms with Crippen LogP contribution in [-0.4, -0.2) is 31.1 Å². The van der Waals surface area contributed by atoms with Crippen molar-refractivity contribution in [2.24, 2.45) is 5.92 Å². The Morgan fingerprint density at radius 1 is 1.41 bits per heavy atom. The van der Waals surface area contributed by atoms with Crippen LogP contribution in [0, 0.1) is 5.92 Å². The zero-order chi connectivity index (χ0) is 11.9. The van der Waals surface area contributed by atoms with Crippen LogP contribution in [0.15, 0.2) is 17.5 Å². The highest BCUT2D eigenvalue weighted by atomic mass is 32.1. The molecule has 3 heteroatoms. The van der Waals surface area contributed by atoms with Gasteiger partial charge >= 0.3 is 0 Å². The van der Waals surface area contributed by atoms with Gasteiger partial charge in [0.15, 0.2) is 0 Å². The van der Waals surface area contributed by atoms with Gasteiger partial charge in [0.05, 0.1) is 0 Å². The number of hydrogen-bond donors (Lipinski definition) is 1. The standard InChI is InChI=1S/C14H24N2S/c1-13-4-2-8-16(9-6-13)10-7-15-12-14-5-3-11-17-14/h3,5,11,13,15H,2,4,6-10,12H2,1H3. The Balaban J connectivity index is 1.58. The molecular formula is C14H24N2S. The molecule has 2 nitrogen and oxygen atoms in total. The van der Waals surface area contributed by atoms with Crippen molar-refractivity contribution in [2.45, 2.75) is 32.7 Å². The van der Waals surface area contributed by atoms with Gasteiger partial charge in [-0.15, -0.1) is 11.3 Å². The minimum absolute atomic E-state index is 0.930. The van der Waals surface area contributed by atoms with E-state index in [2.05, 4.69) is 34.7 Å². The van der Waals surface area contributed by atoms with Crippen molar-refractivity contribution in [3.05, 3.63) is 22.4 Å². The van der Waals surface area contributed by atoms with E-state index in [0.29, 0.717) is 0 Å². The highest BCUT2D eigenvalue weighted by Gasteiger charge is 2.12. The SMILES string of the molecule is CC1CCCN(CCNCc2cccs2)CC1. The van der Waals surface area contributed by atoms with E-state index in [0.717, 1.165) is 19.0 Å². The third kappa shape index (κ3) is 4.78. The Bertz CT molecular complexity index is 297. The second-order valence-corrected chi connectivity index (χ2v) is 6.17. The minimum atomic E-state index is 0.930. The summed E-state index contributed by atoms with van der Waals surface area (Å²) in [6.45, 7) is 8.33. The lowest BCUT2D eigenvalue weighted by atomic mass is 10.0. The Labute approximate surface area is 109 Å². The first kappa shape index (κ1) is 13.1. The van der Waals surface area contributed by atoms with E-state index in [9.17, 15) is 0 Å². The summed E-state index contributed by atoms with van der Waals surface area (Å²) in [6.07, 6.45) is 4.18. The van der Waals surface area contributed by atoms with E-state index in [4.69, 9.17) is 0 Å². The zero-order valence-electron chi connectivity index (χ0n) is 10.8. The summed E-state index contributed by atoms with van der Waals surface area (Å²) < 4.78 is 0. The maximum Gasteiger partial charge on any atom is 0.0300 e. The second kappa shape index (κ2) is 7.14. The summed E-state index contributed by atoms with van der Waals surface area (Å²) in [5.74, 6) is 0.930. The first-order valence-electron chi connectivity index (χ1n) is 6.80. The van der Waals surface area contributed by atoms with Crippen LogP contribution in [0.4, 0.5) is 0 Å². The molecular weight excluding hydrogens is 228 g/mol. The Hall–Kier alpha value is -0.380. The van der Waals surface area contributed by atoms with Gasteiger partial charge in [-0.05, 0) is 49.7 Å². The van der Waals surface area contributed by atoms with E-state index in [1.165, 1.54) is 43.8 Å². The van der Waals surface area contributed by atoms with Crippen LogP contribution in [0.1, 0.15) is 31.1 Å². The van der Waals surface area contributed by atoms with Gasteiger partial charge in [0.1, 0.15) is 0 Å². The van der Waals surface area contributed by atoms with Crippen LogP contribution in [0.5, 0.6) is 0 Å². The molecule has 0 radical (unpaired) electrons. The van der Waals surface area contributed by atoms with Gasteiger partial charge in [-0.3, -0.25) is 0 Å². The zero-order valence-corrected chi connectivity index (χ0v) is 11.6. The van der Waals surface area contributed by atoms with E-state index >= 15 is 0 Å². The number of thiophene rings is 1. The molecule has 1 aliphatic heterocycles. The smallest absolute Gasteiger partial charge is 0.0300 e. The molecule has 2 heterocycles. The lowest BCUT2D eigenvalue weighted by Crippen LogP contribution is -2.32. The quantitative estimate of drug-likeness (QED) is 0.811. The van der Waals surface area contributed by atoms with Crippen LogP contribution in [-0.2, 0) is 6.54 Å². The van der Waals surface area contributed by atoms with Gasteiger partial charge in [0.25, 0.3) is 0 Å². The summed E-state index contributed by atoms with van der Waals surface area (Å²) in [7, 11) is 0. The lowest BCUT2D eigenvalue weighted by molar-refractivity contribution is 0.281. The van der Waals surface area contributed by atoms with Crippen LogP contribution in [0.3, 0.4) is 0 Å². The average Bonchev–Trinajstić information content (AvgIpc) is 2.75. The van der Waals surface area contributed by atoms with Gasteiger partial charge in [-0.25, -0.2) is 0 Å². The normalized spacial score (nSPS) is 22.5. The summed E-state index contributed by atoms with van der Waals surface area (Å²) in [5.41, 5.74) is 0. The first-order chi connectivity index (χ1) is 8.34. The molecule has 1 aromatic rings. The molecule has 0 aliphatic carbocycles. The highest BCUT2D eigenvalue weighted by Crippen LogP contribution is 2.15. The third-order valence-electron chi connectivity index (χ3n) is 3.59. The summed E-state index contributed by atoms with van der Waals surface area (Å²) in [6, 6.07) is 4.32. The first-order valence-corrected chi connectivity index (χ1v) is 7.68. The number of hydrogen-bond acceptors (Lipinski definition) is 3. The summed E-state index contributed by atoms with van der Waals surface area (Å²) >= 11 is 1.84. The average molecular weight is 252 g/mol. The molecule has 1 saturated heterocycles. The summed E-state index contributed by atoms with van der Waals surface area (Å²) in [4.78, 5) is 4.06. The van der Waals surface area contributed by atoms with Gasteiger partial charge < -0.3 is 10.2 Å². The molecule has 0 aromatic carbocycles. The van der Waals surface area contributed by atoms with Crippen LogP contribution in [0.2, 0.25) is 0 Å². The molecule has 0 bridgehead atoms. The number of nitrogens with zero attached hydrogens (tertiary/aromatic N) is 1. The maximum absolute atomic E-state index is 3.54. The second-order valence-electron chi connectivity index (χ2n) is 5.13. The Morgan fingerprint density at radius 2 is 2.35 bits per heavy atom. The van der Waals surface area contributed by atoms with Crippen LogP contribution >= 0.6 is 11.3 Å². The van der Waals surface area contributed by atoms with Crippen LogP contribution < -0.4 is 5.32 Å². The molecule has 17 heavy (non-hydrogen) atoms. The predicted molar refractivity (Wildman–Crippen MR) is 75.5 cm³/mol. The van der Waals surface area contributed by atoms with Crippen molar-refractivity contribution in [1.29, 1.82) is 0 Å². The Kier molecular flexibility index (Phi) is 5.49. The van der Waals surface area contributed by atoms with E-state index in [1.807, 2.05) is 11.3 Å². The Morgan fingerprint density at radius 3 is 3.18 bits per heavy atom. The van der Waals surface area contributed by atoms with Crippen molar-refractivity contribution >= 4 is 11.3 Å². The fourth-order valence-electron chi connectivity index (χ4n) is 2.41. The van der Waals surface area contributed by atoms with E-state index in [1.54, 1.807) is 0 Å². The predicted octanol–water partition coefficient (Wildman–Crippen LogP) is 2.96. The minimum Gasteiger partial charge on any atom is -0.311 e. The number of likely N-dealkylation sites (tertiary alicyclic amines) is 1. The van der Waals surface area contributed by atoms with E-state index < -0.39 is 0 Å². The van der Waals surface area contributed by atoms with Crippen molar-refractivity contribution in [2.75, 3.05) is 26.2 Å². The lowest BCUT2D eigenvalue weighted by Gasteiger charge is -2.19. The number of rotatable bonds is 5. The van der Waals surface area contributed by atoms with Crippen molar-refractivity contribution in [3.8, 4) is 0 Å². The molecule has 1 aliphatic rings. The van der Waals surface area contributed by atoms with Crippen molar-refractivity contribution in [3.63, 3.8) is 0 Å². The van der Waals surface area contributed by atoms with Crippen molar-refractivity contribution in [1.82, 2.24) is 10.2 Å². The molecule has 0 amide bonds. The maximum atomic E-state index is 3.54. The fourth-order valence-corrected chi connectivity index (χ4v) is 3.08. The monoisotopic (exact) mass is 252 g/mol. The van der Waals surface area contributed by atoms with Gasteiger partial charge in [0.2, 0.25) is 0 Å². The van der Waals surface area contributed by atoms with Gasteiger partial charge in [-0.2, -0.15) is 0 Å². The largest absolute Gasteiger partial charge is 0.311 e. The molecule has 96 valence electrons. The summed E-state index contributed by atoms with van der Waals surface area (Å²) in [5, 5.41) is 5.68.